The number of imidazole rings is 2. The lowest BCUT2D eigenvalue weighted by molar-refractivity contribution is -0.141. The van der Waals surface area contributed by atoms with Gasteiger partial charge in [0.15, 0.2) is 5.11 Å². The van der Waals surface area contributed by atoms with Crippen molar-refractivity contribution in [3.8, 4) is 0 Å². The summed E-state index contributed by atoms with van der Waals surface area (Å²) in [4.78, 5) is 152. The average molecular weight is 1400 g/mol. The topological polar surface area (TPSA) is 508 Å². The number of unbranched alkanes of at least 4 members (excludes halogenated alkanes) is 3. The first-order chi connectivity index (χ1) is 46.5. The molecule has 542 valence electrons. The number of hydrogen-bond acceptors (Lipinski definition) is 21. The Bertz CT molecular complexity index is 3090. The molecule has 16 N–H and O–H groups in total. The summed E-state index contributed by atoms with van der Waals surface area (Å²) in [5.74, 6) is -10.7. The van der Waals surface area contributed by atoms with Gasteiger partial charge in [-0.2, -0.15) is 0 Å². The van der Waals surface area contributed by atoms with Crippen LogP contribution in [0.25, 0.3) is 0 Å². The van der Waals surface area contributed by atoms with E-state index in [1.165, 1.54) is 33.9 Å². The van der Waals surface area contributed by atoms with Crippen LogP contribution in [0.15, 0.2) is 61.4 Å². The average Bonchev–Trinajstić information content (AvgIpc) is 1.81. The molecule has 5 atom stereocenters. The second-order valence-corrected chi connectivity index (χ2v) is 24.4. The zero-order valence-electron chi connectivity index (χ0n) is 54.7. The van der Waals surface area contributed by atoms with Gasteiger partial charge in [-0.3, -0.25) is 62.9 Å². The molecule has 1 saturated heterocycles. The molecule has 2 aromatic heterocycles. The highest BCUT2D eigenvalue weighted by atomic mass is 32.1. The number of carbonyl (C=O) groups excluding carboxylic acids is 3. The van der Waals surface area contributed by atoms with Gasteiger partial charge in [0.05, 0.1) is 51.1 Å². The monoisotopic (exact) mass is 1400 g/mol. The van der Waals surface area contributed by atoms with Crippen LogP contribution in [0.3, 0.4) is 0 Å². The van der Waals surface area contributed by atoms with E-state index in [9.17, 15) is 93.6 Å². The number of aliphatic hydroxyl groups excluding tert-OH is 1. The summed E-state index contributed by atoms with van der Waals surface area (Å²) in [6.45, 7) is 4.70. The van der Waals surface area contributed by atoms with Crippen LogP contribution in [-0.2, 0) is 80.5 Å². The Kier molecular flexibility index (Phi) is 35.8. The highest BCUT2D eigenvalue weighted by Crippen LogP contribution is 2.20. The number of nitrogens with zero attached hydrogens (tertiary/aromatic N) is 9. The number of thiocarbonyl (C=S) groups is 1. The van der Waals surface area contributed by atoms with E-state index >= 15 is 0 Å². The van der Waals surface area contributed by atoms with E-state index in [1.807, 2.05) is 21.9 Å². The number of urea groups is 1. The lowest BCUT2D eigenvalue weighted by atomic mass is 9.91. The summed E-state index contributed by atoms with van der Waals surface area (Å²) in [6.07, 6.45) is 7.59. The molecule has 1 aliphatic heterocycles. The minimum atomic E-state index is -1.60. The van der Waals surface area contributed by atoms with Crippen LogP contribution in [-0.4, -0.2) is 276 Å². The van der Waals surface area contributed by atoms with Crippen molar-refractivity contribution in [2.75, 3.05) is 96.9 Å². The van der Waals surface area contributed by atoms with E-state index in [0.29, 0.717) is 75.6 Å². The second kappa shape index (κ2) is 43.2. The van der Waals surface area contributed by atoms with Gasteiger partial charge in [-0.25, -0.2) is 24.4 Å². The standard InChI is InChI=1S/C62H93N15O20S/c1-41(78)32-71-24-25-72(36-53(82)83)28-29-75(38-55(86)87)45(33-74(27-26-71)37-54(84)85)30-42-11-13-44(14-12-42)68-62(98)67-18-5-2-9-46(63)49(79)31-43(58(92)66-17-6-3-10-47(59(93)94)69-61(97)70-48(60(95)96)15-16-52(80)81)8-4-7-21-73(34-50-64-19-22-76(50)39-56(88)89)35-51-65-20-23-77(51)40-57(90)91/h11-14,19-20,22-23,43,45-48,78H,1-10,15-18,21,24-40,63H2,(H,66,92)(H,80,81)(H,82,83)(H,84,85)(H,86,87)(H,88,89)(H,90,91)(H,93,94)(H,95,96)(H2,67,68,98)(H2,69,70,97)/t43-,45?,46?,47-,48-/m0/s1. The number of nitrogens with one attached hydrogen (secondary N) is 5. The Morgan fingerprint density at radius 2 is 1.08 bits per heavy atom. The molecule has 3 aromatic rings. The predicted octanol–water partition coefficient (Wildman–Crippen LogP) is 0.296. The van der Waals surface area contributed by atoms with E-state index in [2.05, 4.69) is 43.1 Å². The normalized spacial score (nSPS) is 15.6. The van der Waals surface area contributed by atoms with Gasteiger partial charge >= 0.3 is 53.8 Å². The van der Waals surface area contributed by atoms with Crippen molar-refractivity contribution in [2.24, 2.45) is 11.7 Å². The third-order valence-corrected chi connectivity index (χ3v) is 16.3. The van der Waals surface area contributed by atoms with Gasteiger partial charge in [-0.05, 0) is 101 Å². The van der Waals surface area contributed by atoms with Crippen LogP contribution in [0.2, 0.25) is 0 Å². The van der Waals surface area contributed by atoms with E-state index < -0.39 is 103 Å². The van der Waals surface area contributed by atoms with Crippen LogP contribution in [0.1, 0.15) is 94.3 Å². The van der Waals surface area contributed by atoms with Gasteiger partial charge in [0.1, 0.15) is 42.6 Å². The zero-order chi connectivity index (χ0) is 72.3. The zero-order valence-corrected chi connectivity index (χ0v) is 55.5. The second-order valence-electron chi connectivity index (χ2n) is 24.0. The Labute approximate surface area is 571 Å². The highest BCUT2D eigenvalue weighted by molar-refractivity contribution is 7.80. The molecule has 0 bridgehead atoms. The van der Waals surface area contributed by atoms with Crippen molar-refractivity contribution in [1.82, 2.24) is 64.9 Å². The van der Waals surface area contributed by atoms with Crippen LogP contribution in [0, 0.1) is 5.92 Å². The number of anilines is 1. The third kappa shape index (κ3) is 32.7. The van der Waals surface area contributed by atoms with Crippen LogP contribution in [0.4, 0.5) is 10.5 Å². The summed E-state index contributed by atoms with van der Waals surface area (Å²) < 4.78 is 2.93. The number of rotatable bonds is 45. The van der Waals surface area contributed by atoms with Crippen molar-refractivity contribution in [3.63, 3.8) is 0 Å². The van der Waals surface area contributed by atoms with Gasteiger partial charge < -0.3 is 87.4 Å². The van der Waals surface area contributed by atoms with Crippen molar-refractivity contribution in [1.29, 1.82) is 0 Å². The smallest absolute Gasteiger partial charge is 0.326 e. The number of amides is 3. The molecule has 35 nitrogen and oxygen atoms in total. The van der Waals surface area contributed by atoms with Crippen LogP contribution >= 0.6 is 12.2 Å². The number of hydrogen-bond donors (Lipinski definition) is 15. The van der Waals surface area contributed by atoms with Gasteiger partial charge in [-0.15, -0.1) is 0 Å². The first kappa shape index (κ1) is 81.2. The number of carboxylic acids is 8. The Balaban J connectivity index is 1.38. The van der Waals surface area contributed by atoms with Gasteiger partial charge in [0.2, 0.25) is 5.91 Å². The SMILES string of the molecule is C=C(O)CN1CCN(CC(=O)O)CCN(CC(=O)O)C(Cc2ccc(NC(=S)NCCCCC(N)C(=O)C[C@H](CCCCN(Cc3nccn3CC(=O)O)Cc3nccn3CC(=O)O)C(=O)NCCCC[C@H](NC(=O)N[C@@H](CCC(=O)O)C(=O)O)C(=O)O)cc2)CN(CC(=O)O)CC1. The molecule has 0 saturated carbocycles. The third-order valence-electron chi connectivity index (χ3n) is 16.1. The number of aliphatic carboxylic acids is 8. The Hall–Kier alpha value is -9.20. The highest BCUT2D eigenvalue weighted by Gasteiger charge is 2.30. The molecule has 0 aliphatic carbocycles. The van der Waals surface area contributed by atoms with Crippen molar-refractivity contribution < 1.29 is 98.7 Å². The molecule has 0 radical (unpaired) electrons. The summed E-state index contributed by atoms with van der Waals surface area (Å²) >= 11 is 5.58. The molecule has 36 heteroatoms. The maximum absolute atomic E-state index is 13.9. The van der Waals surface area contributed by atoms with Crippen LogP contribution < -0.4 is 32.3 Å². The molecule has 1 aromatic carbocycles. The minimum absolute atomic E-state index is 0.0372. The molecule has 2 unspecified atom stereocenters. The number of carbonyl (C=O) groups is 11. The predicted molar refractivity (Wildman–Crippen MR) is 355 cm³/mol. The summed E-state index contributed by atoms with van der Waals surface area (Å²) in [5.41, 5.74) is 7.87. The summed E-state index contributed by atoms with van der Waals surface area (Å²) in [6, 6.07) is 1.53. The van der Waals surface area contributed by atoms with Crippen molar-refractivity contribution >= 4 is 88.5 Å². The number of aromatic nitrogens is 4. The Morgan fingerprint density at radius 3 is 1.62 bits per heavy atom. The number of Topliss-reactive ketones (excluding diaryl/α,β-unsaturated/α-hetero) is 1. The largest absolute Gasteiger partial charge is 0.512 e. The van der Waals surface area contributed by atoms with E-state index in [-0.39, 0.29) is 147 Å². The molecule has 0 spiro atoms. The minimum Gasteiger partial charge on any atom is -0.512 e. The Morgan fingerprint density at radius 1 is 0.582 bits per heavy atom. The molecule has 4 rings (SSSR count). The molecule has 3 amide bonds. The van der Waals surface area contributed by atoms with Crippen LogP contribution in [0.5, 0.6) is 0 Å². The van der Waals surface area contributed by atoms with Gasteiger partial charge in [0.25, 0.3) is 0 Å². The number of nitrogens with two attached hydrogens (primary N) is 1. The van der Waals surface area contributed by atoms with E-state index in [1.54, 1.807) is 26.8 Å². The fourth-order valence-electron chi connectivity index (χ4n) is 11.0. The van der Waals surface area contributed by atoms with E-state index in [0.717, 1.165) is 5.56 Å². The van der Waals surface area contributed by atoms with E-state index in [4.69, 9.17) is 23.1 Å². The first-order valence-corrected chi connectivity index (χ1v) is 32.5. The summed E-state index contributed by atoms with van der Waals surface area (Å²) in [5, 5.41) is 100. The molecular weight excluding hydrogens is 1310 g/mol. The number of ketones is 1. The van der Waals surface area contributed by atoms with Gasteiger partial charge in [0, 0.05) is 114 Å². The number of carboxylic acid groups (broad SMARTS) is 8. The molecule has 1 aliphatic rings. The maximum Gasteiger partial charge on any atom is 0.326 e. The molecule has 98 heavy (non-hydrogen) atoms. The fraction of sp³-hybridized carbons (Fsp3) is 0.581. The number of aliphatic hydroxyl groups is 1. The lowest BCUT2D eigenvalue weighted by Gasteiger charge is -2.37. The first-order valence-electron chi connectivity index (χ1n) is 32.1. The number of benzene rings is 1. The quantitative estimate of drug-likeness (QED) is 0.0205. The van der Waals surface area contributed by atoms with Crippen molar-refractivity contribution in [3.05, 3.63) is 78.6 Å². The summed E-state index contributed by atoms with van der Waals surface area (Å²) in [7, 11) is 0. The maximum atomic E-state index is 13.9. The molecule has 3 heterocycles. The fourth-order valence-corrected chi connectivity index (χ4v) is 11.3. The van der Waals surface area contributed by atoms with Gasteiger partial charge in [-0.1, -0.05) is 25.1 Å². The van der Waals surface area contributed by atoms with Crippen molar-refractivity contribution in [2.45, 2.75) is 134 Å². The molecular formula is C62H93N15O20S. The molecule has 1 fully saturated rings. The lowest BCUT2D eigenvalue weighted by Crippen LogP contribution is -2.53.